The summed E-state index contributed by atoms with van der Waals surface area (Å²) >= 11 is 6.46. The van der Waals surface area contributed by atoms with Crippen LogP contribution in [0.5, 0.6) is 5.75 Å². The summed E-state index contributed by atoms with van der Waals surface area (Å²) < 4.78 is 12.0. The highest BCUT2D eigenvalue weighted by atomic mass is 35.5. The minimum atomic E-state index is -0.944. The van der Waals surface area contributed by atoms with E-state index in [0.717, 1.165) is 17.3 Å². The second-order valence-corrected chi connectivity index (χ2v) is 9.85. The number of nitrogens with zero attached hydrogens (tertiary/aromatic N) is 1. The molecule has 2 aromatic carbocycles. The zero-order valence-corrected chi connectivity index (χ0v) is 22.7. The van der Waals surface area contributed by atoms with Gasteiger partial charge in [-0.05, 0) is 55.4 Å². The van der Waals surface area contributed by atoms with E-state index in [1.165, 1.54) is 0 Å². The fourth-order valence-corrected chi connectivity index (χ4v) is 4.09. The lowest BCUT2D eigenvalue weighted by molar-refractivity contribution is 0.0798. The van der Waals surface area contributed by atoms with Gasteiger partial charge in [0.25, 0.3) is 11.8 Å². The highest BCUT2D eigenvalue weighted by molar-refractivity contribution is 6.24. The summed E-state index contributed by atoms with van der Waals surface area (Å²) in [5.41, 5.74) is 7.18. The molecule has 0 fully saturated rings. The summed E-state index contributed by atoms with van der Waals surface area (Å²) in [5.74, 6) is -0.0668. The van der Waals surface area contributed by atoms with Crippen molar-refractivity contribution in [2.45, 2.75) is 45.3 Å². The van der Waals surface area contributed by atoms with Gasteiger partial charge in [0.2, 0.25) is 0 Å². The molecule has 0 aliphatic rings. The number of amides is 2. The van der Waals surface area contributed by atoms with Crippen molar-refractivity contribution in [1.82, 2.24) is 9.74 Å². The number of hydrogen-bond acceptors (Lipinski definition) is 6. The van der Waals surface area contributed by atoms with Gasteiger partial charge >= 0.3 is 0 Å². The number of halogens is 1. The summed E-state index contributed by atoms with van der Waals surface area (Å²) in [6, 6.07) is 15.2. The van der Waals surface area contributed by atoms with Crippen molar-refractivity contribution < 1.29 is 24.2 Å². The van der Waals surface area contributed by atoms with Crippen molar-refractivity contribution in [3.05, 3.63) is 65.7 Å². The van der Waals surface area contributed by atoms with E-state index < -0.39 is 12.1 Å². The molecule has 8 nitrogen and oxygen atoms in total. The van der Waals surface area contributed by atoms with Crippen LogP contribution in [0.3, 0.4) is 0 Å². The van der Waals surface area contributed by atoms with E-state index in [1.807, 2.05) is 26.0 Å². The summed E-state index contributed by atoms with van der Waals surface area (Å²) in [4.78, 5) is 25.4. The van der Waals surface area contributed by atoms with Crippen LogP contribution in [0.15, 0.2) is 54.6 Å². The van der Waals surface area contributed by atoms with Gasteiger partial charge in [-0.15, -0.1) is 0 Å². The molecule has 0 radical (unpaired) electrons. The lowest BCUT2D eigenvalue weighted by atomic mass is 9.87. The maximum absolute atomic E-state index is 13.2. The molecule has 0 bridgehead atoms. The van der Waals surface area contributed by atoms with Crippen LogP contribution >= 0.6 is 11.8 Å². The molecule has 0 aromatic heterocycles. The second kappa shape index (κ2) is 16.2. The minimum Gasteiger partial charge on any atom is -0.493 e. The van der Waals surface area contributed by atoms with E-state index in [2.05, 4.69) is 5.32 Å². The van der Waals surface area contributed by atoms with E-state index in [4.69, 9.17) is 27.0 Å². The molecule has 0 aliphatic heterocycles. The Morgan fingerprint density at radius 3 is 2.38 bits per heavy atom. The molecular formula is C28H40ClN3O5. The minimum absolute atomic E-state index is 0.0261. The van der Waals surface area contributed by atoms with Gasteiger partial charge in [0.1, 0.15) is 5.75 Å². The summed E-state index contributed by atoms with van der Waals surface area (Å²) in [6.45, 7) is 5.44. The number of aliphatic hydroxyl groups excluding tert-OH is 1. The van der Waals surface area contributed by atoms with Crippen LogP contribution in [0.4, 0.5) is 0 Å². The van der Waals surface area contributed by atoms with Crippen molar-refractivity contribution in [1.29, 1.82) is 0 Å². The maximum Gasteiger partial charge on any atom is 0.271 e. The maximum atomic E-state index is 13.2. The lowest BCUT2D eigenvalue weighted by Gasteiger charge is -2.29. The number of methoxy groups -OCH3 is 1. The number of rotatable bonds is 16. The Morgan fingerprint density at radius 2 is 1.70 bits per heavy atom. The first-order valence-electron chi connectivity index (χ1n) is 12.7. The molecular weight excluding hydrogens is 494 g/mol. The molecule has 0 aliphatic carbocycles. The van der Waals surface area contributed by atoms with E-state index in [1.54, 1.807) is 49.6 Å². The Bertz CT molecular complexity index is 960. The quantitative estimate of drug-likeness (QED) is 0.223. The summed E-state index contributed by atoms with van der Waals surface area (Å²) in [5, 5.41) is 13.3. The Morgan fingerprint density at radius 1 is 1.05 bits per heavy atom. The second-order valence-electron chi connectivity index (χ2n) is 9.44. The smallest absolute Gasteiger partial charge is 0.271 e. The molecule has 0 saturated carbocycles. The van der Waals surface area contributed by atoms with E-state index in [0.29, 0.717) is 36.5 Å². The van der Waals surface area contributed by atoms with Crippen LogP contribution < -0.4 is 15.8 Å². The molecule has 9 heteroatoms. The van der Waals surface area contributed by atoms with Crippen LogP contribution in [-0.2, 0) is 4.74 Å². The third-order valence-corrected chi connectivity index (χ3v) is 6.54. The largest absolute Gasteiger partial charge is 0.493 e. The monoisotopic (exact) mass is 533 g/mol. The van der Waals surface area contributed by atoms with Gasteiger partial charge in [-0.2, -0.15) is 0 Å². The molecule has 37 heavy (non-hydrogen) atoms. The SMILES string of the molecule is COCCCCOc1ccccc1C(=O)N(Cl)C[C@@H](C[C@H](N)[C@@H](O)CNC(=O)c1ccccc1)C(C)C. The number of hydrogen-bond donors (Lipinski definition) is 3. The van der Waals surface area contributed by atoms with Gasteiger partial charge in [0.05, 0.1) is 18.3 Å². The highest BCUT2D eigenvalue weighted by Gasteiger charge is 2.27. The standard InChI is InChI=1S/C28H40ClN3O5/c1-20(2)22(17-24(30)25(33)18-31-27(34)21-11-5-4-6-12-21)19-32(29)28(35)23-13-7-8-14-26(23)37-16-10-9-15-36-3/h4-8,11-14,20,22,24-25,33H,9-10,15-19,30H2,1-3H3,(H,31,34)/t22-,24+,25+/m1/s1. The van der Waals surface area contributed by atoms with Crippen LogP contribution in [0, 0.1) is 11.8 Å². The van der Waals surface area contributed by atoms with Crippen LogP contribution in [0.2, 0.25) is 0 Å². The average molecular weight is 534 g/mol. The fourth-order valence-electron chi connectivity index (χ4n) is 3.82. The zero-order chi connectivity index (χ0) is 27.2. The van der Waals surface area contributed by atoms with Crippen molar-refractivity contribution in [2.24, 2.45) is 17.6 Å². The molecule has 4 N–H and O–H groups in total. The molecule has 2 rings (SSSR count). The number of nitrogens with one attached hydrogen (secondary N) is 1. The van der Waals surface area contributed by atoms with Gasteiger partial charge in [-0.25, -0.2) is 0 Å². The summed E-state index contributed by atoms with van der Waals surface area (Å²) in [6.07, 6.45) is 1.16. The molecule has 0 spiro atoms. The number of unbranched alkanes of at least 4 members (excludes halogenated alkanes) is 1. The molecule has 3 atom stereocenters. The van der Waals surface area contributed by atoms with Crippen LogP contribution in [-0.4, -0.2) is 66.9 Å². The van der Waals surface area contributed by atoms with E-state index in [9.17, 15) is 14.7 Å². The number of para-hydroxylation sites is 1. The lowest BCUT2D eigenvalue weighted by Crippen LogP contribution is -2.45. The Balaban J connectivity index is 1.92. The molecule has 0 unspecified atom stereocenters. The van der Waals surface area contributed by atoms with Gasteiger partial charge in [0.15, 0.2) is 0 Å². The number of carbonyl (C=O) groups is 2. The Kier molecular flexibility index (Phi) is 13.4. The number of benzene rings is 2. The molecule has 0 saturated heterocycles. The number of aliphatic hydroxyl groups is 1. The predicted octanol–water partition coefficient (Wildman–Crippen LogP) is 3.87. The van der Waals surface area contributed by atoms with Crippen molar-refractivity contribution in [2.75, 3.05) is 33.4 Å². The first kappa shape index (κ1) is 30.6. The topological polar surface area (TPSA) is 114 Å². The first-order chi connectivity index (χ1) is 17.7. The molecule has 2 amide bonds. The predicted molar refractivity (Wildman–Crippen MR) is 146 cm³/mol. The van der Waals surface area contributed by atoms with Crippen LogP contribution in [0.1, 0.15) is 53.8 Å². The van der Waals surface area contributed by atoms with Crippen molar-refractivity contribution >= 4 is 23.6 Å². The van der Waals surface area contributed by atoms with Gasteiger partial charge in [-0.3, -0.25) is 14.0 Å². The number of carbonyl (C=O) groups excluding carboxylic acids is 2. The molecule has 2 aromatic rings. The number of ether oxygens (including phenoxy) is 2. The van der Waals surface area contributed by atoms with Gasteiger partial charge in [0, 0.05) is 50.2 Å². The van der Waals surface area contributed by atoms with E-state index in [-0.39, 0.29) is 36.7 Å². The average Bonchev–Trinajstić information content (AvgIpc) is 2.91. The molecule has 0 heterocycles. The third-order valence-electron chi connectivity index (χ3n) is 6.25. The number of nitrogens with two attached hydrogens (primary N) is 1. The van der Waals surface area contributed by atoms with Gasteiger partial charge < -0.3 is 25.6 Å². The first-order valence-corrected chi connectivity index (χ1v) is 13.0. The van der Waals surface area contributed by atoms with Crippen molar-refractivity contribution in [3.63, 3.8) is 0 Å². The Labute approximate surface area is 225 Å². The van der Waals surface area contributed by atoms with Crippen molar-refractivity contribution in [3.8, 4) is 5.75 Å². The van der Waals surface area contributed by atoms with Crippen LogP contribution in [0.25, 0.3) is 0 Å². The normalized spacial score (nSPS) is 13.6. The highest BCUT2D eigenvalue weighted by Crippen LogP contribution is 2.25. The van der Waals surface area contributed by atoms with E-state index >= 15 is 0 Å². The Hall–Kier alpha value is -2.65. The summed E-state index contributed by atoms with van der Waals surface area (Å²) in [7, 11) is 1.66. The zero-order valence-electron chi connectivity index (χ0n) is 21.9. The molecule has 204 valence electrons. The third kappa shape index (κ3) is 10.3. The fraction of sp³-hybridized carbons (Fsp3) is 0.500. The van der Waals surface area contributed by atoms with Gasteiger partial charge in [-0.1, -0.05) is 44.2 Å².